The lowest BCUT2D eigenvalue weighted by Gasteiger charge is -2.34. The van der Waals surface area contributed by atoms with Crippen molar-refractivity contribution in [3.63, 3.8) is 0 Å². The number of hydrogen-bond acceptors (Lipinski definition) is 7. The van der Waals surface area contributed by atoms with Crippen molar-refractivity contribution in [3.8, 4) is 18.1 Å². The van der Waals surface area contributed by atoms with Gasteiger partial charge in [-0.2, -0.15) is 0 Å². The van der Waals surface area contributed by atoms with E-state index in [9.17, 15) is 9.59 Å². The van der Waals surface area contributed by atoms with E-state index in [0.717, 1.165) is 78.2 Å². The van der Waals surface area contributed by atoms with Crippen LogP contribution < -0.4 is 15.6 Å². The number of anilines is 2. The number of unbranched alkanes of at least 4 members (excludes halogenated alkanes) is 2. The second kappa shape index (κ2) is 13.1. The summed E-state index contributed by atoms with van der Waals surface area (Å²) >= 11 is 0. The van der Waals surface area contributed by atoms with Gasteiger partial charge in [0.1, 0.15) is 17.9 Å². The number of fused-ring (bicyclic) bond motifs is 1. The van der Waals surface area contributed by atoms with Crippen molar-refractivity contribution in [1.82, 2.24) is 24.8 Å². The standard InChI is InChI=1S/C32H34N6O3/c1-3-24-8-7-9-26(19-24)36-31-27-18-23(2)29(20-28(27)34-22-35-31)41-17-6-4-5-12-37-13-15-38(16-14-37)32(40)25-10-11-30(39)33-21-25/h1,7-11,18-22H,4-6,12-17H2,2H3,(H,33,39)(H,34,35,36). The van der Waals surface area contributed by atoms with Crippen LogP contribution in [0.15, 0.2) is 65.8 Å². The van der Waals surface area contributed by atoms with Crippen LogP contribution in [0.25, 0.3) is 10.9 Å². The molecule has 0 bridgehead atoms. The number of amides is 1. The predicted octanol–water partition coefficient (Wildman–Crippen LogP) is 4.36. The van der Waals surface area contributed by atoms with Crippen molar-refractivity contribution < 1.29 is 9.53 Å². The van der Waals surface area contributed by atoms with Gasteiger partial charge in [-0.25, -0.2) is 9.97 Å². The smallest absolute Gasteiger partial charge is 0.255 e. The number of aryl methyl sites for hydroxylation is 1. The first-order chi connectivity index (χ1) is 20.0. The summed E-state index contributed by atoms with van der Waals surface area (Å²) in [7, 11) is 0. The van der Waals surface area contributed by atoms with Gasteiger partial charge in [0, 0.05) is 61.1 Å². The van der Waals surface area contributed by atoms with Gasteiger partial charge in [-0.15, -0.1) is 6.42 Å². The molecule has 4 aromatic rings. The summed E-state index contributed by atoms with van der Waals surface area (Å²) in [6.45, 7) is 6.79. The third-order valence-electron chi connectivity index (χ3n) is 7.29. The lowest BCUT2D eigenvalue weighted by Crippen LogP contribution is -2.48. The monoisotopic (exact) mass is 550 g/mol. The van der Waals surface area contributed by atoms with E-state index >= 15 is 0 Å². The van der Waals surface area contributed by atoms with E-state index in [1.165, 1.54) is 12.3 Å². The molecule has 5 rings (SSSR count). The van der Waals surface area contributed by atoms with Crippen molar-refractivity contribution in [2.45, 2.75) is 26.2 Å². The molecule has 41 heavy (non-hydrogen) atoms. The molecule has 0 aliphatic carbocycles. The topological polar surface area (TPSA) is 103 Å². The minimum Gasteiger partial charge on any atom is -0.493 e. The number of ether oxygens (including phenoxy) is 1. The van der Waals surface area contributed by atoms with Gasteiger partial charge >= 0.3 is 0 Å². The number of piperazine rings is 1. The minimum atomic E-state index is -0.204. The Kier molecular flexibility index (Phi) is 8.92. The fraction of sp³-hybridized carbons (Fsp3) is 0.312. The maximum absolute atomic E-state index is 12.6. The molecule has 3 heterocycles. The van der Waals surface area contributed by atoms with Crippen molar-refractivity contribution in [2.75, 3.05) is 44.6 Å². The Morgan fingerprint density at radius 1 is 1.07 bits per heavy atom. The zero-order valence-corrected chi connectivity index (χ0v) is 23.2. The molecule has 2 aromatic carbocycles. The average Bonchev–Trinajstić information content (AvgIpc) is 3.00. The second-order valence-corrected chi connectivity index (χ2v) is 10.2. The van der Waals surface area contributed by atoms with Gasteiger partial charge in [-0.05, 0) is 68.6 Å². The van der Waals surface area contributed by atoms with E-state index in [4.69, 9.17) is 11.2 Å². The number of hydrogen-bond donors (Lipinski definition) is 2. The molecular formula is C32H34N6O3. The lowest BCUT2D eigenvalue weighted by molar-refractivity contribution is 0.0634. The van der Waals surface area contributed by atoms with Crippen LogP contribution in [-0.4, -0.2) is 70.0 Å². The molecule has 0 unspecified atom stereocenters. The molecule has 0 saturated carbocycles. The van der Waals surface area contributed by atoms with Crippen molar-refractivity contribution in [3.05, 3.63) is 88.1 Å². The molecule has 1 aliphatic rings. The fourth-order valence-electron chi connectivity index (χ4n) is 4.97. The van der Waals surface area contributed by atoms with Crippen LogP contribution in [0.5, 0.6) is 5.75 Å². The molecular weight excluding hydrogens is 516 g/mol. The Morgan fingerprint density at radius 3 is 2.71 bits per heavy atom. The number of benzene rings is 2. The SMILES string of the molecule is C#Cc1cccc(Nc2ncnc3cc(OCCCCCN4CCN(C(=O)c5ccc(=O)[nH]c5)CC4)c(C)cc23)c1. The van der Waals surface area contributed by atoms with Gasteiger partial charge < -0.3 is 19.9 Å². The van der Waals surface area contributed by atoms with Crippen LogP contribution in [0.2, 0.25) is 0 Å². The van der Waals surface area contributed by atoms with E-state index in [1.807, 2.05) is 42.2 Å². The van der Waals surface area contributed by atoms with Gasteiger partial charge in [0.15, 0.2) is 0 Å². The molecule has 2 aromatic heterocycles. The van der Waals surface area contributed by atoms with E-state index in [0.29, 0.717) is 25.3 Å². The molecule has 1 amide bonds. The highest BCUT2D eigenvalue weighted by Gasteiger charge is 2.22. The maximum Gasteiger partial charge on any atom is 0.255 e. The number of aromatic amines is 1. The van der Waals surface area contributed by atoms with Crippen molar-refractivity contribution >= 4 is 28.3 Å². The Bertz CT molecular complexity index is 1600. The lowest BCUT2D eigenvalue weighted by atomic mass is 10.1. The molecule has 0 atom stereocenters. The number of aromatic nitrogens is 3. The first-order valence-electron chi connectivity index (χ1n) is 13.9. The number of pyridine rings is 1. The van der Waals surface area contributed by atoms with Gasteiger partial charge in [-0.3, -0.25) is 14.5 Å². The number of H-pyrrole nitrogens is 1. The first kappa shape index (κ1) is 27.9. The van der Waals surface area contributed by atoms with E-state index in [1.54, 1.807) is 12.4 Å². The first-order valence-corrected chi connectivity index (χ1v) is 13.9. The number of carbonyl (C=O) groups is 1. The normalized spacial score (nSPS) is 13.6. The highest BCUT2D eigenvalue weighted by Crippen LogP contribution is 2.29. The van der Waals surface area contributed by atoms with Crippen molar-refractivity contribution in [2.24, 2.45) is 0 Å². The van der Waals surface area contributed by atoms with Crippen LogP contribution in [0.3, 0.4) is 0 Å². The highest BCUT2D eigenvalue weighted by atomic mass is 16.5. The maximum atomic E-state index is 12.6. The molecule has 1 fully saturated rings. The molecule has 9 nitrogen and oxygen atoms in total. The number of carbonyl (C=O) groups excluding carboxylic acids is 1. The van der Waals surface area contributed by atoms with Crippen LogP contribution in [0, 0.1) is 19.3 Å². The van der Waals surface area contributed by atoms with Crippen LogP contribution >= 0.6 is 0 Å². The van der Waals surface area contributed by atoms with Crippen molar-refractivity contribution in [1.29, 1.82) is 0 Å². The Morgan fingerprint density at radius 2 is 1.93 bits per heavy atom. The quantitative estimate of drug-likeness (QED) is 0.223. The Hall–Kier alpha value is -4.68. The van der Waals surface area contributed by atoms with E-state index in [2.05, 4.69) is 37.2 Å². The Balaban J connectivity index is 1.05. The van der Waals surface area contributed by atoms with Gasteiger partial charge in [0.05, 0.1) is 17.7 Å². The van der Waals surface area contributed by atoms with E-state index < -0.39 is 0 Å². The molecule has 0 radical (unpaired) electrons. The number of nitrogens with one attached hydrogen (secondary N) is 2. The molecule has 0 spiro atoms. The number of nitrogens with zero attached hydrogens (tertiary/aromatic N) is 4. The van der Waals surface area contributed by atoms with Gasteiger partial charge in [0.25, 0.3) is 5.91 Å². The van der Waals surface area contributed by atoms with E-state index in [-0.39, 0.29) is 11.5 Å². The summed E-state index contributed by atoms with van der Waals surface area (Å²) in [5.41, 5.74) is 3.84. The number of rotatable bonds is 10. The third-order valence-corrected chi connectivity index (χ3v) is 7.29. The molecule has 9 heteroatoms. The minimum absolute atomic E-state index is 0.0316. The summed E-state index contributed by atoms with van der Waals surface area (Å²) in [6, 6.07) is 14.7. The predicted molar refractivity (Wildman–Crippen MR) is 161 cm³/mol. The zero-order chi connectivity index (χ0) is 28.6. The van der Waals surface area contributed by atoms with Crippen LogP contribution in [0.4, 0.5) is 11.5 Å². The average molecular weight is 551 g/mol. The Labute approximate surface area is 239 Å². The highest BCUT2D eigenvalue weighted by molar-refractivity contribution is 5.94. The largest absolute Gasteiger partial charge is 0.493 e. The third kappa shape index (κ3) is 7.10. The summed E-state index contributed by atoms with van der Waals surface area (Å²) in [5.74, 6) is 4.18. The second-order valence-electron chi connectivity index (χ2n) is 10.2. The van der Waals surface area contributed by atoms with Gasteiger partial charge in [0.2, 0.25) is 5.56 Å². The molecule has 210 valence electrons. The molecule has 1 aliphatic heterocycles. The van der Waals surface area contributed by atoms with Gasteiger partial charge in [-0.1, -0.05) is 12.0 Å². The fourth-order valence-corrected chi connectivity index (χ4v) is 4.97. The molecule has 2 N–H and O–H groups in total. The van der Waals surface area contributed by atoms with Crippen LogP contribution in [-0.2, 0) is 0 Å². The zero-order valence-electron chi connectivity index (χ0n) is 23.2. The summed E-state index contributed by atoms with van der Waals surface area (Å²) in [4.78, 5) is 39.6. The summed E-state index contributed by atoms with van der Waals surface area (Å²) in [5, 5.41) is 4.28. The number of terminal acetylenes is 1. The summed E-state index contributed by atoms with van der Waals surface area (Å²) in [6.07, 6.45) is 11.7. The van der Waals surface area contributed by atoms with Crippen LogP contribution in [0.1, 0.15) is 40.7 Å². The molecule has 1 saturated heterocycles. The summed E-state index contributed by atoms with van der Waals surface area (Å²) < 4.78 is 6.13.